The van der Waals surface area contributed by atoms with Gasteiger partial charge in [-0.25, -0.2) is 9.78 Å². The van der Waals surface area contributed by atoms with Gasteiger partial charge in [0.05, 0.1) is 19.2 Å². The first kappa shape index (κ1) is 11.5. The summed E-state index contributed by atoms with van der Waals surface area (Å²) in [5, 5.41) is 2.98. The van der Waals surface area contributed by atoms with Crippen LogP contribution in [0.3, 0.4) is 0 Å². The van der Waals surface area contributed by atoms with E-state index in [2.05, 4.69) is 15.0 Å². The zero-order chi connectivity index (χ0) is 12.3. The van der Waals surface area contributed by atoms with Gasteiger partial charge in [0.1, 0.15) is 5.82 Å². The zero-order valence-electron chi connectivity index (χ0n) is 9.47. The molecular formula is C11H13N3O3. The van der Waals surface area contributed by atoms with Gasteiger partial charge in [-0.2, -0.15) is 0 Å². The highest BCUT2D eigenvalue weighted by molar-refractivity contribution is 5.95. The summed E-state index contributed by atoms with van der Waals surface area (Å²) < 4.78 is 4.57. The molecule has 0 unspecified atom stereocenters. The van der Waals surface area contributed by atoms with Crippen LogP contribution in [0.15, 0.2) is 18.3 Å². The van der Waals surface area contributed by atoms with Gasteiger partial charge in [-0.15, -0.1) is 0 Å². The Morgan fingerprint density at radius 1 is 1.53 bits per heavy atom. The third-order valence-electron chi connectivity index (χ3n) is 2.53. The highest BCUT2D eigenvalue weighted by atomic mass is 16.5. The number of methoxy groups -OCH3 is 1. The molecule has 0 aromatic carbocycles. The van der Waals surface area contributed by atoms with Crippen LogP contribution in [0.25, 0.3) is 0 Å². The minimum Gasteiger partial charge on any atom is -0.465 e. The fourth-order valence-corrected chi connectivity index (χ4v) is 1.63. The van der Waals surface area contributed by atoms with Crippen LogP contribution in [0.2, 0.25) is 0 Å². The monoisotopic (exact) mass is 235 g/mol. The predicted molar refractivity (Wildman–Crippen MR) is 60.8 cm³/mol. The fraction of sp³-hybridized carbons (Fsp3) is 0.364. The van der Waals surface area contributed by atoms with Crippen LogP contribution in [0.1, 0.15) is 10.4 Å². The molecule has 1 aromatic rings. The highest BCUT2D eigenvalue weighted by Gasteiger charge is 2.20. The Balaban J connectivity index is 2.17. The van der Waals surface area contributed by atoms with Crippen molar-refractivity contribution in [3.8, 4) is 0 Å². The van der Waals surface area contributed by atoms with E-state index >= 15 is 0 Å². The van der Waals surface area contributed by atoms with Gasteiger partial charge in [0, 0.05) is 19.3 Å². The summed E-state index contributed by atoms with van der Waals surface area (Å²) in [7, 11) is 1.32. The van der Waals surface area contributed by atoms with Crippen molar-refractivity contribution in [1.82, 2.24) is 10.3 Å². The Labute approximate surface area is 98.6 Å². The number of piperazine rings is 1. The Morgan fingerprint density at radius 3 is 2.94 bits per heavy atom. The lowest BCUT2D eigenvalue weighted by Crippen LogP contribution is -2.48. The molecule has 0 aliphatic carbocycles. The van der Waals surface area contributed by atoms with Gasteiger partial charge in [-0.05, 0) is 12.1 Å². The Kier molecular flexibility index (Phi) is 3.34. The van der Waals surface area contributed by atoms with Gasteiger partial charge in [0.25, 0.3) is 0 Å². The van der Waals surface area contributed by atoms with E-state index in [4.69, 9.17) is 0 Å². The molecule has 0 atom stereocenters. The van der Waals surface area contributed by atoms with Crippen LogP contribution < -0.4 is 10.2 Å². The number of carbonyl (C=O) groups is 2. The number of ether oxygens (including phenoxy) is 1. The van der Waals surface area contributed by atoms with E-state index in [0.29, 0.717) is 24.5 Å². The first-order chi connectivity index (χ1) is 8.22. The van der Waals surface area contributed by atoms with Gasteiger partial charge in [0.15, 0.2) is 0 Å². The molecule has 90 valence electrons. The topological polar surface area (TPSA) is 71.5 Å². The quantitative estimate of drug-likeness (QED) is 0.719. The number of nitrogens with zero attached hydrogens (tertiary/aromatic N) is 2. The summed E-state index contributed by atoms with van der Waals surface area (Å²) in [5.74, 6) is 0.106. The third-order valence-corrected chi connectivity index (χ3v) is 2.53. The van der Waals surface area contributed by atoms with E-state index in [9.17, 15) is 9.59 Å². The minimum absolute atomic E-state index is 0.0189. The van der Waals surface area contributed by atoms with Crippen molar-refractivity contribution < 1.29 is 14.3 Å². The van der Waals surface area contributed by atoms with Gasteiger partial charge >= 0.3 is 5.97 Å². The molecule has 1 aromatic heterocycles. The number of hydrogen-bond donors (Lipinski definition) is 1. The third kappa shape index (κ3) is 2.42. The molecule has 1 aliphatic rings. The number of aromatic nitrogens is 1. The highest BCUT2D eigenvalue weighted by Crippen LogP contribution is 2.13. The van der Waals surface area contributed by atoms with Gasteiger partial charge < -0.3 is 10.1 Å². The van der Waals surface area contributed by atoms with Crippen LogP contribution in [0.4, 0.5) is 5.82 Å². The standard InChI is InChI=1S/C11H13N3O3/c1-17-11(16)8-2-3-9(13-6-8)14-5-4-12-7-10(14)15/h2-3,6,12H,4-5,7H2,1H3. The summed E-state index contributed by atoms with van der Waals surface area (Å²) in [6, 6.07) is 3.25. The molecule has 1 N–H and O–H groups in total. The number of rotatable bonds is 2. The van der Waals surface area contributed by atoms with Crippen LogP contribution in [-0.2, 0) is 9.53 Å². The summed E-state index contributed by atoms with van der Waals surface area (Å²) in [4.78, 5) is 28.5. The van der Waals surface area contributed by atoms with E-state index in [1.807, 2.05) is 0 Å². The van der Waals surface area contributed by atoms with Crippen molar-refractivity contribution in [3.05, 3.63) is 23.9 Å². The van der Waals surface area contributed by atoms with E-state index in [1.54, 1.807) is 17.0 Å². The molecule has 6 nitrogen and oxygen atoms in total. The zero-order valence-corrected chi connectivity index (χ0v) is 9.47. The number of anilines is 1. The normalized spacial score (nSPS) is 15.8. The molecule has 1 aliphatic heterocycles. The SMILES string of the molecule is COC(=O)c1ccc(N2CCNCC2=O)nc1. The van der Waals surface area contributed by atoms with Crippen molar-refractivity contribution in [3.63, 3.8) is 0 Å². The lowest BCUT2D eigenvalue weighted by atomic mass is 10.2. The first-order valence-electron chi connectivity index (χ1n) is 5.28. The molecule has 1 saturated heterocycles. The van der Waals surface area contributed by atoms with Crippen molar-refractivity contribution in [2.75, 3.05) is 31.6 Å². The number of pyridine rings is 1. The number of nitrogens with one attached hydrogen (secondary N) is 1. The molecular weight excluding hydrogens is 222 g/mol. The van der Waals surface area contributed by atoms with E-state index in [0.717, 1.165) is 6.54 Å². The Bertz CT molecular complexity index is 430. The first-order valence-corrected chi connectivity index (χ1v) is 5.28. The van der Waals surface area contributed by atoms with Crippen molar-refractivity contribution in [1.29, 1.82) is 0 Å². The molecule has 1 fully saturated rings. The molecule has 0 bridgehead atoms. The Morgan fingerprint density at radius 2 is 2.35 bits per heavy atom. The smallest absolute Gasteiger partial charge is 0.339 e. The number of carbonyl (C=O) groups excluding carboxylic acids is 2. The number of esters is 1. The van der Waals surface area contributed by atoms with Crippen molar-refractivity contribution in [2.24, 2.45) is 0 Å². The average Bonchev–Trinajstić information content (AvgIpc) is 2.39. The van der Waals surface area contributed by atoms with E-state index < -0.39 is 5.97 Å². The van der Waals surface area contributed by atoms with Crippen molar-refractivity contribution in [2.45, 2.75) is 0 Å². The Hall–Kier alpha value is -1.95. The second kappa shape index (κ2) is 4.92. The number of hydrogen-bond acceptors (Lipinski definition) is 5. The molecule has 17 heavy (non-hydrogen) atoms. The van der Waals surface area contributed by atoms with Gasteiger partial charge in [0.2, 0.25) is 5.91 Å². The molecule has 6 heteroatoms. The molecule has 0 spiro atoms. The van der Waals surface area contributed by atoms with Crippen LogP contribution in [0.5, 0.6) is 0 Å². The van der Waals surface area contributed by atoms with Crippen LogP contribution in [-0.4, -0.2) is 43.6 Å². The summed E-state index contributed by atoms with van der Waals surface area (Å²) >= 11 is 0. The lowest BCUT2D eigenvalue weighted by molar-refractivity contribution is -0.118. The lowest BCUT2D eigenvalue weighted by Gasteiger charge is -2.26. The van der Waals surface area contributed by atoms with Gasteiger partial charge in [-0.1, -0.05) is 0 Å². The van der Waals surface area contributed by atoms with Gasteiger partial charge in [-0.3, -0.25) is 9.69 Å². The maximum absolute atomic E-state index is 11.6. The summed E-state index contributed by atoms with van der Waals surface area (Å²) in [5.41, 5.74) is 0.374. The fourth-order valence-electron chi connectivity index (χ4n) is 1.63. The van der Waals surface area contributed by atoms with Crippen LogP contribution in [0, 0.1) is 0 Å². The second-order valence-corrected chi connectivity index (χ2v) is 3.62. The van der Waals surface area contributed by atoms with E-state index in [1.165, 1.54) is 13.3 Å². The molecule has 1 amide bonds. The van der Waals surface area contributed by atoms with Crippen molar-refractivity contribution >= 4 is 17.7 Å². The maximum Gasteiger partial charge on any atom is 0.339 e. The molecule has 2 heterocycles. The second-order valence-electron chi connectivity index (χ2n) is 3.62. The van der Waals surface area contributed by atoms with Crippen LogP contribution >= 0.6 is 0 Å². The maximum atomic E-state index is 11.6. The molecule has 0 saturated carbocycles. The predicted octanol–water partition coefficient (Wildman–Crippen LogP) is -0.196. The minimum atomic E-state index is -0.435. The summed E-state index contributed by atoms with van der Waals surface area (Å²) in [6.45, 7) is 1.65. The molecule has 0 radical (unpaired) electrons. The largest absolute Gasteiger partial charge is 0.465 e. The number of amides is 1. The average molecular weight is 235 g/mol. The molecule has 2 rings (SSSR count). The van der Waals surface area contributed by atoms with E-state index in [-0.39, 0.29) is 5.91 Å². The summed E-state index contributed by atoms with van der Waals surface area (Å²) in [6.07, 6.45) is 1.41.